The zero-order valence-electron chi connectivity index (χ0n) is 8.01. The van der Waals surface area contributed by atoms with Crippen molar-refractivity contribution in [1.82, 2.24) is 15.0 Å². The number of hydrogen-bond donors (Lipinski definition) is 0. The van der Waals surface area contributed by atoms with Crippen molar-refractivity contribution in [3.05, 3.63) is 41.6 Å². The van der Waals surface area contributed by atoms with Crippen molar-refractivity contribution in [2.24, 2.45) is 0 Å². The molecule has 0 bridgehead atoms. The summed E-state index contributed by atoms with van der Waals surface area (Å²) in [6.07, 6.45) is 4.72. The molecule has 0 atom stereocenters. The van der Waals surface area contributed by atoms with E-state index in [-0.39, 0.29) is 11.0 Å². The second-order valence-electron chi connectivity index (χ2n) is 2.84. The highest BCUT2D eigenvalue weighted by atomic mass is 35.5. The minimum atomic E-state index is 0.237. The topological polar surface area (TPSA) is 47.9 Å². The molecule has 0 aliphatic carbocycles. The van der Waals surface area contributed by atoms with E-state index in [4.69, 9.17) is 16.3 Å². The third kappa shape index (κ3) is 2.22. The van der Waals surface area contributed by atoms with Gasteiger partial charge in [0.15, 0.2) is 10.9 Å². The highest BCUT2D eigenvalue weighted by Gasteiger charge is 2.06. The summed E-state index contributed by atoms with van der Waals surface area (Å²) in [4.78, 5) is 11.9. The molecule has 2 aromatic heterocycles. The van der Waals surface area contributed by atoms with Gasteiger partial charge in [-0.3, -0.25) is 4.98 Å². The molecular formula is C10H8ClN3O. The molecule has 0 unspecified atom stereocenters. The van der Waals surface area contributed by atoms with Crippen molar-refractivity contribution in [3.8, 4) is 11.6 Å². The number of aromatic nitrogens is 3. The highest BCUT2D eigenvalue weighted by molar-refractivity contribution is 6.30. The smallest absolute Gasteiger partial charge is 0.257 e. The van der Waals surface area contributed by atoms with Gasteiger partial charge in [0.05, 0.1) is 5.69 Å². The molecule has 0 aliphatic heterocycles. The van der Waals surface area contributed by atoms with E-state index in [1.807, 2.05) is 6.92 Å². The molecule has 0 aliphatic rings. The first kappa shape index (κ1) is 9.86. The zero-order valence-corrected chi connectivity index (χ0v) is 8.77. The molecule has 76 valence electrons. The lowest BCUT2D eigenvalue weighted by atomic mass is 10.3. The fourth-order valence-corrected chi connectivity index (χ4v) is 1.20. The number of halogens is 1. The number of ether oxygens (including phenoxy) is 1. The molecule has 0 spiro atoms. The molecule has 0 saturated heterocycles. The molecule has 0 fully saturated rings. The number of nitrogens with zero attached hydrogens (tertiary/aromatic N) is 3. The van der Waals surface area contributed by atoms with Gasteiger partial charge in [0.2, 0.25) is 0 Å². The molecule has 0 aromatic carbocycles. The quantitative estimate of drug-likeness (QED) is 0.782. The van der Waals surface area contributed by atoms with Gasteiger partial charge in [0.1, 0.15) is 0 Å². The lowest BCUT2D eigenvalue weighted by molar-refractivity contribution is 0.454. The van der Waals surface area contributed by atoms with Crippen molar-refractivity contribution >= 4 is 11.6 Å². The van der Waals surface area contributed by atoms with E-state index >= 15 is 0 Å². The molecule has 2 heterocycles. The summed E-state index contributed by atoms with van der Waals surface area (Å²) in [5.74, 6) is 0.912. The highest BCUT2D eigenvalue weighted by Crippen LogP contribution is 2.25. The van der Waals surface area contributed by atoms with E-state index < -0.39 is 0 Å². The monoisotopic (exact) mass is 221 g/mol. The van der Waals surface area contributed by atoms with Gasteiger partial charge in [0.25, 0.3) is 5.88 Å². The second kappa shape index (κ2) is 4.23. The first-order valence-electron chi connectivity index (χ1n) is 4.33. The Bertz CT molecular complexity index is 432. The third-order valence-corrected chi connectivity index (χ3v) is 2.05. The third-order valence-electron chi connectivity index (χ3n) is 1.79. The standard InChI is InChI=1S/C10H8ClN3O/c1-7-8(3-2-4-12-7)15-10-9(11)13-5-6-14-10/h2-6H,1H3. The number of pyridine rings is 1. The van der Waals surface area contributed by atoms with E-state index in [2.05, 4.69) is 15.0 Å². The van der Waals surface area contributed by atoms with E-state index in [1.54, 1.807) is 18.3 Å². The minimum absolute atomic E-state index is 0.237. The fourth-order valence-electron chi connectivity index (χ4n) is 1.06. The van der Waals surface area contributed by atoms with Crippen LogP contribution in [0, 0.1) is 6.92 Å². The molecule has 2 aromatic rings. The molecule has 4 nitrogen and oxygen atoms in total. The van der Waals surface area contributed by atoms with Gasteiger partial charge in [-0.05, 0) is 19.1 Å². The first-order chi connectivity index (χ1) is 7.27. The Morgan fingerprint density at radius 1 is 1.13 bits per heavy atom. The average molecular weight is 222 g/mol. The Balaban J connectivity index is 2.30. The molecule has 15 heavy (non-hydrogen) atoms. The van der Waals surface area contributed by atoms with Crippen molar-refractivity contribution < 1.29 is 4.74 Å². The van der Waals surface area contributed by atoms with Crippen LogP contribution in [0.4, 0.5) is 0 Å². The van der Waals surface area contributed by atoms with Gasteiger partial charge in [-0.1, -0.05) is 11.6 Å². The summed E-state index contributed by atoms with van der Waals surface area (Å²) >= 11 is 5.81. The maximum absolute atomic E-state index is 5.81. The fraction of sp³-hybridized carbons (Fsp3) is 0.100. The Kier molecular flexibility index (Phi) is 2.78. The van der Waals surface area contributed by atoms with Crippen molar-refractivity contribution in [2.45, 2.75) is 6.92 Å². The Labute approximate surface area is 91.9 Å². The zero-order chi connectivity index (χ0) is 10.7. The van der Waals surface area contributed by atoms with Gasteiger partial charge in [-0.25, -0.2) is 9.97 Å². The van der Waals surface area contributed by atoms with Crippen LogP contribution in [0.15, 0.2) is 30.7 Å². The number of aryl methyl sites for hydroxylation is 1. The van der Waals surface area contributed by atoms with E-state index in [0.717, 1.165) is 5.69 Å². The normalized spacial score (nSPS) is 10.0. The number of rotatable bonds is 2. The summed E-state index contributed by atoms with van der Waals surface area (Å²) in [7, 11) is 0. The van der Waals surface area contributed by atoms with Gasteiger partial charge in [-0.15, -0.1) is 0 Å². The molecule has 2 rings (SSSR count). The lowest BCUT2D eigenvalue weighted by Gasteiger charge is -2.06. The molecule has 0 amide bonds. The van der Waals surface area contributed by atoms with E-state index in [1.165, 1.54) is 12.4 Å². The summed E-state index contributed by atoms with van der Waals surface area (Å²) in [6.45, 7) is 1.85. The average Bonchev–Trinajstić information content (AvgIpc) is 2.24. The van der Waals surface area contributed by atoms with Crippen LogP contribution in [-0.4, -0.2) is 15.0 Å². The van der Waals surface area contributed by atoms with Crippen LogP contribution in [0.25, 0.3) is 0 Å². The predicted molar refractivity (Wildman–Crippen MR) is 56.1 cm³/mol. The molecule has 0 saturated carbocycles. The van der Waals surface area contributed by atoms with Gasteiger partial charge in [-0.2, -0.15) is 0 Å². The first-order valence-corrected chi connectivity index (χ1v) is 4.71. The van der Waals surface area contributed by atoms with Crippen LogP contribution < -0.4 is 4.74 Å². The summed E-state index contributed by atoms with van der Waals surface area (Å²) in [6, 6.07) is 3.58. The maximum Gasteiger partial charge on any atom is 0.257 e. The number of hydrogen-bond acceptors (Lipinski definition) is 4. The molecule has 0 radical (unpaired) electrons. The molecule has 5 heteroatoms. The van der Waals surface area contributed by atoms with Gasteiger partial charge >= 0.3 is 0 Å². The SMILES string of the molecule is Cc1ncccc1Oc1nccnc1Cl. The van der Waals surface area contributed by atoms with Crippen LogP contribution in [-0.2, 0) is 0 Å². The summed E-state index contributed by atoms with van der Waals surface area (Å²) < 4.78 is 5.47. The lowest BCUT2D eigenvalue weighted by Crippen LogP contribution is -1.93. The van der Waals surface area contributed by atoms with Crippen LogP contribution in [0.1, 0.15) is 5.69 Å². The Hall–Kier alpha value is -1.68. The molecular weight excluding hydrogens is 214 g/mol. The van der Waals surface area contributed by atoms with Crippen molar-refractivity contribution in [1.29, 1.82) is 0 Å². The van der Waals surface area contributed by atoms with Crippen LogP contribution in [0.5, 0.6) is 11.6 Å². The van der Waals surface area contributed by atoms with Gasteiger partial charge < -0.3 is 4.74 Å². The largest absolute Gasteiger partial charge is 0.434 e. The predicted octanol–water partition coefficient (Wildman–Crippen LogP) is 2.63. The van der Waals surface area contributed by atoms with Crippen molar-refractivity contribution in [3.63, 3.8) is 0 Å². The summed E-state index contributed by atoms with van der Waals surface area (Å²) in [5.41, 5.74) is 0.777. The Morgan fingerprint density at radius 3 is 2.67 bits per heavy atom. The second-order valence-corrected chi connectivity index (χ2v) is 3.20. The van der Waals surface area contributed by atoms with E-state index in [0.29, 0.717) is 5.75 Å². The Morgan fingerprint density at radius 2 is 1.93 bits per heavy atom. The van der Waals surface area contributed by atoms with Gasteiger partial charge in [0, 0.05) is 18.6 Å². The van der Waals surface area contributed by atoms with Crippen LogP contribution >= 0.6 is 11.6 Å². The minimum Gasteiger partial charge on any atom is -0.434 e. The van der Waals surface area contributed by atoms with Crippen LogP contribution in [0.3, 0.4) is 0 Å². The van der Waals surface area contributed by atoms with Crippen LogP contribution in [0.2, 0.25) is 5.15 Å². The summed E-state index contributed by atoms with van der Waals surface area (Å²) in [5, 5.41) is 0.237. The van der Waals surface area contributed by atoms with Crippen molar-refractivity contribution in [2.75, 3.05) is 0 Å². The van der Waals surface area contributed by atoms with E-state index in [9.17, 15) is 0 Å². The molecule has 0 N–H and O–H groups in total. The maximum atomic E-state index is 5.81.